The zero-order valence-corrected chi connectivity index (χ0v) is 16.3. The molecule has 0 saturated carbocycles. The van der Waals surface area contributed by atoms with Crippen LogP contribution in [0.4, 0.5) is 0 Å². The highest BCUT2D eigenvalue weighted by Gasteiger charge is 2.51. The lowest BCUT2D eigenvalue weighted by Crippen LogP contribution is -2.66. The molecule has 2 rings (SSSR count). The Bertz CT molecular complexity index is 461. The summed E-state index contributed by atoms with van der Waals surface area (Å²) in [6.07, 6.45) is -10.4. The minimum atomic E-state index is -1.66. The number of halogens is 1. The summed E-state index contributed by atoms with van der Waals surface area (Å²) in [6, 6.07) is -0.913. The van der Waals surface area contributed by atoms with E-state index in [1.165, 1.54) is 0 Å². The summed E-state index contributed by atoms with van der Waals surface area (Å²) in [5, 5.41) is 59.3. The van der Waals surface area contributed by atoms with Crippen LogP contribution in [0.15, 0.2) is 0 Å². The molecule has 0 spiro atoms. The lowest BCUT2D eigenvalue weighted by atomic mass is 9.96. The van der Waals surface area contributed by atoms with Crippen LogP contribution in [0, 0.1) is 0 Å². The standard InChI is InChI=1S/C16H30ClNO10/c1-2-3-4-25-15-9(18-17)14(11(22)8(6-20)26-15)28-16-13(24)12(23)10(21)7(5-19)27-16/h7-16,18-24H,2-6H2,1H3/t7?,8?,9-,10-,11+,12?,13-,14?,15+,16-/m0/s1. The predicted octanol–water partition coefficient (Wildman–Crippen LogP) is -2.82. The first-order valence-electron chi connectivity index (χ1n) is 9.27. The molecule has 0 aromatic heterocycles. The molecule has 4 unspecified atom stereocenters. The molecule has 0 bridgehead atoms. The van der Waals surface area contributed by atoms with Crippen molar-refractivity contribution in [3.05, 3.63) is 0 Å². The average Bonchev–Trinajstić information content (AvgIpc) is 2.70. The number of aliphatic hydroxyl groups excluding tert-OH is 6. The first-order valence-corrected chi connectivity index (χ1v) is 9.65. The first kappa shape index (κ1) is 24.1. The van der Waals surface area contributed by atoms with Crippen LogP contribution in [-0.2, 0) is 18.9 Å². The fraction of sp³-hybridized carbons (Fsp3) is 1.00. The number of aliphatic hydroxyl groups is 6. The normalized spacial score (nSPS) is 44.6. The maximum atomic E-state index is 10.5. The van der Waals surface area contributed by atoms with Crippen LogP contribution in [-0.4, -0.2) is 112 Å². The highest BCUT2D eigenvalue weighted by Crippen LogP contribution is 2.29. The molecule has 12 heteroatoms. The van der Waals surface area contributed by atoms with Crippen molar-refractivity contribution in [2.45, 2.75) is 81.1 Å². The summed E-state index contributed by atoms with van der Waals surface area (Å²) in [6.45, 7) is 1.17. The summed E-state index contributed by atoms with van der Waals surface area (Å²) >= 11 is 5.80. The van der Waals surface area contributed by atoms with Gasteiger partial charge in [0.15, 0.2) is 12.6 Å². The lowest BCUT2D eigenvalue weighted by Gasteiger charge is -2.46. The van der Waals surface area contributed by atoms with Crippen molar-refractivity contribution in [3.63, 3.8) is 0 Å². The van der Waals surface area contributed by atoms with Crippen LogP contribution in [0.3, 0.4) is 0 Å². The molecule has 28 heavy (non-hydrogen) atoms. The van der Waals surface area contributed by atoms with E-state index in [4.69, 9.17) is 30.7 Å². The molecule has 2 heterocycles. The molecule has 0 aliphatic carbocycles. The van der Waals surface area contributed by atoms with Crippen LogP contribution in [0.2, 0.25) is 0 Å². The maximum Gasteiger partial charge on any atom is 0.187 e. The zero-order valence-electron chi connectivity index (χ0n) is 15.5. The van der Waals surface area contributed by atoms with Crippen molar-refractivity contribution in [1.29, 1.82) is 0 Å². The molecule has 0 aromatic carbocycles. The quantitative estimate of drug-likeness (QED) is 0.148. The van der Waals surface area contributed by atoms with Crippen molar-refractivity contribution < 1.29 is 49.6 Å². The van der Waals surface area contributed by atoms with Gasteiger partial charge in [0.05, 0.1) is 13.2 Å². The molecule has 2 aliphatic rings. The Morgan fingerprint density at radius 3 is 2.07 bits per heavy atom. The largest absolute Gasteiger partial charge is 0.394 e. The fourth-order valence-corrected chi connectivity index (χ4v) is 3.39. The number of rotatable bonds is 9. The van der Waals surface area contributed by atoms with E-state index in [1.807, 2.05) is 6.92 Å². The van der Waals surface area contributed by atoms with E-state index < -0.39 is 74.6 Å². The number of nitrogens with one attached hydrogen (secondary N) is 1. The summed E-state index contributed by atoms with van der Waals surface area (Å²) in [5.74, 6) is 0. The molecular weight excluding hydrogens is 402 g/mol. The summed E-state index contributed by atoms with van der Waals surface area (Å²) in [7, 11) is 0. The Hall–Kier alpha value is -0.150. The molecular formula is C16H30ClNO10. The number of unbranched alkanes of at least 4 members (excludes halogenated alkanes) is 1. The summed E-state index contributed by atoms with van der Waals surface area (Å²) in [4.78, 5) is 2.41. The Kier molecular flexibility index (Phi) is 9.73. The molecule has 0 radical (unpaired) electrons. The molecule has 2 saturated heterocycles. The predicted molar refractivity (Wildman–Crippen MR) is 94.0 cm³/mol. The number of ether oxygens (including phenoxy) is 4. The monoisotopic (exact) mass is 431 g/mol. The summed E-state index contributed by atoms with van der Waals surface area (Å²) in [5.41, 5.74) is 0. The molecule has 11 nitrogen and oxygen atoms in total. The molecule has 2 aliphatic heterocycles. The minimum Gasteiger partial charge on any atom is -0.394 e. The van der Waals surface area contributed by atoms with Crippen LogP contribution in [0.25, 0.3) is 0 Å². The third kappa shape index (κ3) is 5.31. The van der Waals surface area contributed by atoms with Crippen LogP contribution >= 0.6 is 11.8 Å². The molecule has 7 N–H and O–H groups in total. The second kappa shape index (κ2) is 11.3. The van der Waals surface area contributed by atoms with Crippen molar-refractivity contribution in [2.75, 3.05) is 19.8 Å². The van der Waals surface area contributed by atoms with E-state index >= 15 is 0 Å². The van der Waals surface area contributed by atoms with Crippen molar-refractivity contribution in [1.82, 2.24) is 4.84 Å². The number of hydrogen-bond donors (Lipinski definition) is 7. The van der Waals surface area contributed by atoms with Gasteiger partial charge in [-0.15, -0.1) is 0 Å². The topological polar surface area (TPSA) is 170 Å². The second-order valence-electron chi connectivity index (χ2n) is 6.87. The van der Waals surface area contributed by atoms with Gasteiger partial charge in [-0.25, -0.2) is 4.84 Å². The Morgan fingerprint density at radius 1 is 0.893 bits per heavy atom. The minimum absolute atomic E-state index is 0.344. The van der Waals surface area contributed by atoms with Gasteiger partial charge >= 0.3 is 0 Å². The van der Waals surface area contributed by atoms with E-state index in [9.17, 15) is 30.6 Å². The van der Waals surface area contributed by atoms with Gasteiger partial charge in [0.2, 0.25) is 0 Å². The highest BCUT2D eigenvalue weighted by atomic mass is 35.5. The van der Waals surface area contributed by atoms with Crippen LogP contribution in [0.5, 0.6) is 0 Å². The third-order valence-corrected chi connectivity index (χ3v) is 5.15. The SMILES string of the molecule is CCCCO[C@@H]1OC(CO)[C@@H](O)C(O[C@@H]2OC(CO)[C@H](O)C(O)[C@@H]2O)[C@@H]1NCl. The zero-order chi connectivity index (χ0) is 20.8. The van der Waals surface area contributed by atoms with Gasteiger partial charge in [-0.2, -0.15) is 0 Å². The highest BCUT2D eigenvalue weighted by molar-refractivity contribution is 6.13. The van der Waals surface area contributed by atoms with Gasteiger partial charge in [0, 0.05) is 6.61 Å². The van der Waals surface area contributed by atoms with Gasteiger partial charge in [0.1, 0.15) is 48.8 Å². The van der Waals surface area contributed by atoms with E-state index in [2.05, 4.69) is 4.84 Å². The van der Waals surface area contributed by atoms with Gasteiger partial charge < -0.3 is 49.6 Å². The van der Waals surface area contributed by atoms with Crippen molar-refractivity contribution in [3.8, 4) is 0 Å². The van der Waals surface area contributed by atoms with Crippen molar-refractivity contribution >= 4 is 11.8 Å². The molecule has 0 amide bonds. The fourth-order valence-electron chi connectivity index (χ4n) is 3.17. The van der Waals surface area contributed by atoms with E-state index in [0.29, 0.717) is 6.61 Å². The average molecular weight is 432 g/mol. The van der Waals surface area contributed by atoms with Gasteiger partial charge in [-0.1, -0.05) is 13.3 Å². The Morgan fingerprint density at radius 2 is 1.50 bits per heavy atom. The Labute approximate surface area is 167 Å². The maximum absolute atomic E-state index is 10.5. The lowest BCUT2D eigenvalue weighted by molar-refractivity contribution is -0.344. The first-order chi connectivity index (χ1) is 13.4. The Balaban J connectivity index is 2.16. The van der Waals surface area contributed by atoms with Gasteiger partial charge in [-0.3, -0.25) is 0 Å². The molecule has 10 atom stereocenters. The van der Waals surface area contributed by atoms with Crippen LogP contribution < -0.4 is 4.84 Å². The van der Waals surface area contributed by atoms with Crippen LogP contribution in [0.1, 0.15) is 19.8 Å². The molecule has 166 valence electrons. The number of hydrogen-bond acceptors (Lipinski definition) is 11. The van der Waals surface area contributed by atoms with Gasteiger partial charge in [-0.05, 0) is 18.2 Å². The second-order valence-corrected chi connectivity index (χ2v) is 7.09. The van der Waals surface area contributed by atoms with E-state index in [0.717, 1.165) is 12.8 Å². The van der Waals surface area contributed by atoms with Crippen molar-refractivity contribution in [2.24, 2.45) is 0 Å². The van der Waals surface area contributed by atoms with Gasteiger partial charge in [0.25, 0.3) is 0 Å². The molecule has 2 fully saturated rings. The van der Waals surface area contributed by atoms with E-state index in [1.54, 1.807) is 0 Å². The van der Waals surface area contributed by atoms with E-state index in [-0.39, 0.29) is 0 Å². The smallest absolute Gasteiger partial charge is 0.187 e. The molecule has 0 aromatic rings. The summed E-state index contributed by atoms with van der Waals surface area (Å²) < 4.78 is 22.1. The third-order valence-electron chi connectivity index (χ3n) is 4.90.